The van der Waals surface area contributed by atoms with Gasteiger partial charge in [-0.3, -0.25) is 14.4 Å². The third-order valence-corrected chi connectivity index (χ3v) is 6.16. The molecule has 1 heterocycles. The number of carbonyl (C=O) groups excluding carboxylic acids is 2. The first-order chi connectivity index (χ1) is 12.9. The zero-order chi connectivity index (χ0) is 19.6. The molecular weight excluding hydrogens is 344 g/mol. The van der Waals surface area contributed by atoms with E-state index in [2.05, 4.69) is 5.32 Å². The van der Waals surface area contributed by atoms with Crippen LogP contribution in [-0.4, -0.2) is 45.9 Å². The molecule has 1 aromatic rings. The zero-order valence-electron chi connectivity index (χ0n) is 15.9. The summed E-state index contributed by atoms with van der Waals surface area (Å²) in [5, 5.41) is 12.0. The molecular formula is C21H28N2O4. The molecule has 6 nitrogen and oxygen atoms in total. The van der Waals surface area contributed by atoms with Gasteiger partial charge in [-0.05, 0) is 51.2 Å². The molecule has 1 aliphatic carbocycles. The minimum absolute atomic E-state index is 0.0920. The van der Waals surface area contributed by atoms with E-state index in [1.54, 1.807) is 30.9 Å². The fraction of sp³-hybridized carbons (Fsp3) is 0.571. The van der Waals surface area contributed by atoms with Gasteiger partial charge in [0.15, 0.2) is 0 Å². The molecule has 0 aromatic heterocycles. The van der Waals surface area contributed by atoms with Crippen molar-refractivity contribution in [3.63, 3.8) is 0 Å². The minimum Gasteiger partial charge on any atom is -0.481 e. The lowest BCUT2D eigenvalue weighted by molar-refractivity contribution is -0.142. The number of carbonyl (C=O) groups is 3. The molecule has 146 valence electrons. The van der Waals surface area contributed by atoms with Crippen LogP contribution in [0.15, 0.2) is 30.3 Å². The Morgan fingerprint density at radius 2 is 1.78 bits per heavy atom. The molecule has 27 heavy (non-hydrogen) atoms. The Morgan fingerprint density at radius 1 is 1.11 bits per heavy atom. The average molecular weight is 372 g/mol. The Bertz CT molecular complexity index is 705. The Morgan fingerprint density at radius 3 is 2.44 bits per heavy atom. The average Bonchev–Trinajstić information content (AvgIpc) is 3.07. The maximum atomic E-state index is 13.2. The van der Waals surface area contributed by atoms with Crippen LogP contribution >= 0.6 is 0 Å². The van der Waals surface area contributed by atoms with Crippen molar-refractivity contribution in [2.24, 2.45) is 11.8 Å². The normalized spacial score (nSPS) is 26.7. The predicted octanol–water partition coefficient (Wildman–Crippen LogP) is 2.69. The third-order valence-electron chi connectivity index (χ3n) is 6.16. The summed E-state index contributed by atoms with van der Waals surface area (Å²) in [5.41, 5.74) is 0.591. The monoisotopic (exact) mass is 372 g/mol. The van der Waals surface area contributed by atoms with Crippen LogP contribution in [-0.2, 0) is 9.59 Å². The van der Waals surface area contributed by atoms with Crippen LogP contribution in [0.25, 0.3) is 0 Å². The highest BCUT2D eigenvalue weighted by atomic mass is 16.4. The molecule has 5 atom stereocenters. The van der Waals surface area contributed by atoms with Gasteiger partial charge in [0.05, 0.1) is 5.92 Å². The van der Waals surface area contributed by atoms with Crippen LogP contribution in [0.1, 0.15) is 56.3 Å². The van der Waals surface area contributed by atoms with Crippen molar-refractivity contribution in [2.45, 2.75) is 64.1 Å². The summed E-state index contributed by atoms with van der Waals surface area (Å²) >= 11 is 0. The van der Waals surface area contributed by atoms with Crippen molar-refractivity contribution in [3.8, 4) is 0 Å². The lowest BCUT2D eigenvalue weighted by atomic mass is 9.84. The standard InChI is InChI=1S/C21H28N2O4/c1-13(21(26)27)14(2)22-19(24)18-12-16-10-6-7-11-17(16)23(18)20(25)15-8-4-3-5-9-15/h3-5,8-9,13-14,16-18H,6-7,10-12H2,1-2H3,(H,22,24)(H,26,27). The number of nitrogens with one attached hydrogen (secondary N) is 1. The van der Waals surface area contributed by atoms with Gasteiger partial charge >= 0.3 is 5.97 Å². The number of benzene rings is 1. The van der Waals surface area contributed by atoms with E-state index in [1.165, 1.54) is 0 Å². The molecule has 2 N–H and O–H groups in total. The van der Waals surface area contributed by atoms with Crippen molar-refractivity contribution in [2.75, 3.05) is 0 Å². The maximum absolute atomic E-state index is 13.2. The highest BCUT2D eigenvalue weighted by Gasteiger charge is 2.47. The summed E-state index contributed by atoms with van der Waals surface area (Å²) in [6, 6.07) is 8.14. The topological polar surface area (TPSA) is 86.7 Å². The number of nitrogens with zero attached hydrogens (tertiary/aromatic N) is 1. The highest BCUT2D eigenvalue weighted by Crippen LogP contribution is 2.40. The van der Waals surface area contributed by atoms with Crippen molar-refractivity contribution in [1.29, 1.82) is 0 Å². The number of amides is 2. The minimum atomic E-state index is -0.944. The van der Waals surface area contributed by atoms with Crippen LogP contribution in [0.4, 0.5) is 0 Å². The summed E-state index contributed by atoms with van der Waals surface area (Å²) in [6.07, 6.45) is 4.82. The number of hydrogen-bond donors (Lipinski definition) is 2. The molecule has 2 amide bonds. The van der Waals surface area contributed by atoms with Crippen LogP contribution in [0.3, 0.4) is 0 Å². The van der Waals surface area contributed by atoms with E-state index in [-0.39, 0.29) is 17.9 Å². The number of rotatable bonds is 5. The summed E-state index contributed by atoms with van der Waals surface area (Å²) in [4.78, 5) is 39.1. The number of hydrogen-bond acceptors (Lipinski definition) is 3. The zero-order valence-corrected chi connectivity index (χ0v) is 15.9. The molecule has 2 aliphatic rings. The van der Waals surface area contributed by atoms with Crippen molar-refractivity contribution >= 4 is 17.8 Å². The second-order valence-corrected chi connectivity index (χ2v) is 7.87. The molecule has 6 heteroatoms. The first kappa shape index (κ1) is 19.4. The lowest BCUT2D eigenvalue weighted by Crippen LogP contribution is -2.52. The summed E-state index contributed by atoms with van der Waals surface area (Å²) in [7, 11) is 0. The van der Waals surface area contributed by atoms with E-state index in [0.29, 0.717) is 17.9 Å². The van der Waals surface area contributed by atoms with Crippen LogP contribution < -0.4 is 5.32 Å². The van der Waals surface area contributed by atoms with Gasteiger partial charge in [-0.25, -0.2) is 0 Å². The number of fused-ring (bicyclic) bond motifs is 1. The highest BCUT2D eigenvalue weighted by molar-refractivity contribution is 5.98. The molecule has 5 unspecified atom stereocenters. The SMILES string of the molecule is CC(NC(=O)C1CC2CCCCC2N1C(=O)c1ccccc1)C(C)C(=O)O. The van der Waals surface area contributed by atoms with Gasteiger partial charge < -0.3 is 15.3 Å². The Kier molecular flexibility index (Phi) is 5.82. The predicted molar refractivity (Wildman–Crippen MR) is 101 cm³/mol. The molecule has 1 saturated heterocycles. The van der Waals surface area contributed by atoms with Crippen molar-refractivity contribution < 1.29 is 19.5 Å². The number of aliphatic carboxylic acids is 1. The van der Waals surface area contributed by atoms with Gasteiger partial charge in [0, 0.05) is 17.6 Å². The van der Waals surface area contributed by atoms with E-state index < -0.39 is 24.0 Å². The molecule has 3 rings (SSSR count). The van der Waals surface area contributed by atoms with Gasteiger partial charge in [0.2, 0.25) is 5.91 Å². The van der Waals surface area contributed by atoms with Gasteiger partial charge in [0.1, 0.15) is 6.04 Å². The van der Waals surface area contributed by atoms with Crippen LogP contribution in [0.5, 0.6) is 0 Å². The molecule has 0 spiro atoms. The fourth-order valence-electron chi connectivity index (χ4n) is 4.38. The Balaban J connectivity index is 1.82. The first-order valence-electron chi connectivity index (χ1n) is 9.81. The molecule has 0 radical (unpaired) electrons. The number of carboxylic acids is 1. The van der Waals surface area contributed by atoms with Crippen molar-refractivity contribution in [3.05, 3.63) is 35.9 Å². The van der Waals surface area contributed by atoms with E-state index in [0.717, 1.165) is 25.7 Å². The van der Waals surface area contributed by atoms with Gasteiger partial charge in [-0.1, -0.05) is 31.0 Å². The first-order valence-corrected chi connectivity index (χ1v) is 9.81. The maximum Gasteiger partial charge on any atom is 0.308 e. The number of carboxylic acid groups (broad SMARTS) is 1. The summed E-state index contributed by atoms with van der Waals surface area (Å²) in [6.45, 7) is 3.27. The van der Waals surface area contributed by atoms with E-state index >= 15 is 0 Å². The Labute approximate surface area is 159 Å². The lowest BCUT2D eigenvalue weighted by Gasteiger charge is -2.34. The molecule has 1 aromatic carbocycles. The molecule has 2 fully saturated rings. The third kappa shape index (κ3) is 3.99. The second kappa shape index (κ2) is 8.11. The van der Waals surface area contributed by atoms with Crippen LogP contribution in [0, 0.1) is 11.8 Å². The second-order valence-electron chi connectivity index (χ2n) is 7.87. The summed E-state index contributed by atoms with van der Waals surface area (Å²) < 4.78 is 0. The quantitative estimate of drug-likeness (QED) is 0.832. The van der Waals surface area contributed by atoms with Gasteiger partial charge in [0.25, 0.3) is 5.91 Å². The molecule has 1 aliphatic heterocycles. The molecule has 1 saturated carbocycles. The van der Waals surface area contributed by atoms with E-state index in [9.17, 15) is 19.5 Å². The van der Waals surface area contributed by atoms with E-state index in [1.807, 2.05) is 18.2 Å². The van der Waals surface area contributed by atoms with Crippen molar-refractivity contribution in [1.82, 2.24) is 10.2 Å². The van der Waals surface area contributed by atoms with Gasteiger partial charge in [-0.2, -0.15) is 0 Å². The largest absolute Gasteiger partial charge is 0.481 e. The smallest absolute Gasteiger partial charge is 0.308 e. The molecule has 0 bridgehead atoms. The van der Waals surface area contributed by atoms with E-state index in [4.69, 9.17) is 0 Å². The number of likely N-dealkylation sites (tertiary alicyclic amines) is 1. The van der Waals surface area contributed by atoms with Crippen LogP contribution in [0.2, 0.25) is 0 Å². The fourth-order valence-corrected chi connectivity index (χ4v) is 4.38. The summed E-state index contributed by atoms with van der Waals surface area (Å²) in [5.74, 6) is -1.64. The Hall–Kier alpha value is -2.37. The van der Waals surface area contributed by atoms with Gasteiger partial charge in [-0.15, -0.1) is 0 Å².